The molecule has 0 fully saturated rings. The zero-order chi connectivity index (χ0) is 10.1. The first-order valence-electron chi connectivity index (χ1n) is 3.01. The number of nitrogens with zero attached hydrogens (tertiary/aromatic N) is 1. The van der Waals surface area contributed by atoms with Gasteiger partial charge in [0.05, 0.1) is 14.9 Å². The second-order valence-electron chi connectivity index (χ2n) is 2.12. The summed E-state index contributed by atoms with van der Waals surface area (Å²) in [5, 5.41) is 0.415. The van der Waals surface area contributed by atoms with Gasteiger partial charge in [-0.3, -0.25) is 11.8 Å². The van der Waals surface area contributed by atoms with E-state index in [1.54, 1.807) is 0 Å². The summed E-state index contributed by atoms with van der Waals surface area (Å²) in [4.78, 5) is -0.0862. The number of benzene rings is 1. The summed E-state index contributed by atoms with van der Waals surface area (Å²) in [7, 11) is -3.79. The first kappa shape index (κ1) is 15.0. The van der Waals surface area contributed by atoms with Crippen LogP contribution < -0.4 is 29.6 Å². The van der Waals surface area contributed by atoms with Gasteiger partial charge >= 0.3 is 29.6 Å². The van der Waals surface area contributed by atoms with Crippen molar-refractivity contribution in [2.24, 2.45) is 0 Å². The Balaban J connectivity index is 0.00000169. The van der Waals surface area contributed by atoms with Gasteiger partial charge in [-0.2, -0.15) is 0 Å². The Morgan fingerprint density at radius 2 is 1.71 bits per heavy atom. The smallest absolute Gasteiger partial charge is 0.458 e. The van der Waals surface area contributed by atoms with Crippen molar-refractivity contribution in [1.82, 2.24) is 0 Å². The van der Waals surface area contributed by atoms with Crippen LogP contribution in [0.4, 0.5) is 0 Å². The van der Waals surface area contributed by atoms with Crippen LogP contribution in [0.5, 0.6) is 0 Å². The molecule has 0 amide bonds. The quantitative estimate of drug-likeness (QED) is 0.728. The molecular formula is C6H3Cl3NNaO2S. The first-order valence-corrected chi connectivity index (χ1v) is 5.54. The molecule has 0 aromatic heterocycles. The van der Waals surface area contributed by atoms with Crippen LogP contribution in [0.1, 0.15) is 0 Å². The summed E-state index contributed by atoms with van der Waals surface area (Å²) in [6.07, 6.45) is 0. The van der Waals surface area contributed by atoms with E-state index >= 15 is 0 Å². The van der Waals surface area contributed by atoms with Crippen LogP contribution in [-0.2, 0) is 10.0 Å². The van der Waals surface area contributed by atoms with Crippen molar-refractivity contribution in [3.05, 3.63) is 32.5 Å². The van der Waals surface area contributed by atoms with Crippen LogP contribution in [0, 0.1) is 0 Å². The average Bonchev–Trinajstić information content (AvgIpc) is 2.09. The van der Waals surface area contributed by atoms with Crippen molar-refractivity contribution in [1.29, 1.82) is 0 Å². The maximum Gasteiger partial charge on any atom is 1.00 e. The molecule has 0 radical (unpaired) electrons. The van der Waals surface area contributed by atoms with E-state index in [9.17, 15) is 8.42 Å². The van der Waals surface area contributed by atoms with Crippen LogP contribution >= 0.6 is 35.0 Å². The number of sulfonamides is 1. The molecule has 0 unspecified atom stereocenters. The summed E-state index contributed by atoms with van der Waals surface area (Å²) in [6, 6.07) is 3.82. The van der Waals surface area contributed by atoms with Crippen LogP contribution in [0.2, 0.25) is 10.0 Å². The number of hydrogen-bond acceptors (Lipinski definition) is 2. The van der Waals surface area contributed by atoms with Crippen molar-refractivity contribution in [2.45, 2.75) is 4.90 Å². The molecule has 1 aromatic carbocycles. The summed E-state index contributed by atoms with van der Waals surface area (Å²) >= 11 is 16.1. The van der Waals surface area contributed by atoms with Gasteiger partial charge in [-0.15, -0.1) is 0 Å². The van der Waals surface area contributed by atoms with Gasteiger partial charge in [0.15, 0.2) is 0 Å². The largest absolute Gasteiger partial charge is 1.00 e. The third-order valence-electron chi connectivity index (χ3n) is 1.28. The number of halogens is 3. The maximum absolute atomic E-state index is 11.1. The predicted octanol–water partition coefficient (Wildman–Crippen LogP) is 0.214. The second-order valence-corrected chi connectivity index (χ2v) is 4.91. The SMILES string of the molecule is O=S(=O)([N-]Cl)c1ccc(Cl)c(Cl)c1.[Na+]. The molecule has 8 heteroatoms. The Hall–Kier alpha value is 1.000. The van der Waals surface area contributed by atoms with Gasteiger partial charge in [-0.05, 0) is 18.2 Å². The molecule has 0 aliphatic carbocycles. The minimum Gasteiger partial charge on any atom is -0.458 e. The van der Waals surface area contributed by atoms with Gasteiger partial charge in [0.1, 0.15) is 10.0 Å². The maximum atomic E-state index is 11.1. The molecule has 0 saturated carbocycles. The summed E-state index contributed by atoms with van der Waals surface area (Å²) in [5.74, 6) is 0. The van der Waals surface area contributed by atoms with Crippen LogP contribution in [0.3, 0.4) is 0 Å². The molecule has 0 N–H and O–H groups in total. The van der Waals surface area contributed by atoms with Crippen LogP contribution in [0.15, 0.2) is 23.1 Å². The predicted molar refractivity (Wildman–Crippen MR) is 52.9 cm³/mol. The van der Waals surface area contributed by atoms with Gasteiger partial charge in [0.25, 0.3) is 0 Å². The fraction of sp³-hybridized carbons (Fsp3) is 0. The van der Waals surface area contributed by atoms with E-state index < -0.39 is 10.0 Å². The summed E-state index contributed by atoms with van der Waals surface area (Å²) in [6.45, 7) is 0. The van der Waals surface area contributed by atoms with Gasteiger partial charge < -0.3 is 4.24 Å². The molecule has 0 heterocycles. The molecule has 0 aliphatic heterocycles. The zero-order valence-electron chi connectivity index (χ0n) is 7.04. The van der Waals surface area contributed by atoms with E-state index in [4.69, 9.17) is 35.0 Å². The van der Waals surface area contributed by atoms with E-state index in [1.165, 1.54) is 18.2 Å². The van der Waals surface area contributed by atoms with E-state index in [0.717, 1.165) is 0 Å². The van der Waals surface area contributed by atoms with Gasteiger partial charge in [-0.1, -0.05) is 23.2 Å². The Labute approximate surface area is 119 Å². The summed E-state index contributed by atoms with van der Waals surface area (Å²) < 4.78 is 24.8. The third kappa shape index (κ3) is 3.54. The van der Waals surface area contributed by atoms with E-state index in [-0.39, 0.29) is 44.5 Å². The monoisotopic (exact) mass is 281 g/mol. The standard InChI is InChI=1S/C6H3Cl3NO2S.Na/c7-5-2-1-4(3-6(5)8)13(11,12)10-9;/h1-3H;/q-1;+1. The van der Waals surface area contributed by atoms with Crippen LogP contribution in [0.25, 0.3) is 4.24 Å². The molecular weight excluding hydrogens is 279 g/mol. The Kier molecular flexibility index (Phi) is 6.34. The van der Waals surface area contributed by atoms with Crippen molar-refractivity contribution in [2.75, 3.05) is 0 Å². The molecule has 1 aromatic rings. The molecule has 72 valence electrons. The van der Waals surface area contributed by atoms with E-state index in [1.807, 2.05) is 0 Å². The molecule has 3 nitrogen and oxygen atoms in total. The third-order valence-corrected chi connectivity index (χ3v) is 3.60. The fourth-order valence-electron chi connectivity index (χ4n) is 0.677. The number of hydrogen-bond donors (Lipinski definition) is 0. The molecule has 0 aliphatic rings. The molecule has 14 heavy (non-hydrogen) atoms. The molecule has 0 bridgehead atoms. The van der Waals surface area contributed by atoms with Crippen molar-refractivity contribution in [3.63, 3.8) is 0 Å². The Morgan fingerprint density at radius 1 is 1.14 bits per heavy atom. The van der Waals surface area contributed by atoms with Gasteiger partial charge in [0.2, 0.25) is 0 Å². The van der Waals surface area contributed by atoms with Crippen molar-refractivity contribution in [3.8, 4) is 0 Å². The topological polar surface area (TPSA) is 48.2 Å². The van der Waals surface area contributed by atoms with E-state index in [0.29, 0.717) is 0 Å². The minimum atomic E-state index is -3.79. The number of rotatable bonds is 2. The summed E-state index contributed by atoms with van der Waals surface area (Å²) in [5.41, 5.74) is 0. The Morgan fingerprint density at radius 3 is 2.14 bits per heavy atom. The zero-order valence-corrected chi connectivity index (χ0v) is 12.1. The van der Waals surface area contributed by atoms with Gasteiger partial charge in [0, 0.05) is 0 Å². The molecule has 0 saturated heterocycles. The van der Waals surface area contributed by atoms with E-state index in [2.05, 4.69) is 4.24 Å². The first-order chi connectivity index (χ1) is 5.97. The Bertz CT molecular complexity index is 423. The van der Waals surface area contributed by atoms with Crippen molar-refractivity contribution >= 4 is 45.0 Å². The minimum absolute atomic E-state index is 0. The van der Waals surface area contributed by atoms with Gasteiger partial charge in [-0.25, -0.2) is 8.42 Å². The fourth-order valence-corrected chi connectivity index (χ4v) is 1.87. The van der Waals surface area contributed by atoms with Crippen molar-refractivity contribution < 1.29 is 38.0 Å². The normalized spacial score (nSPS) is 10.8. The molecule has 0 spiro atoms. The average molecular weight is 283 g/mol. The molecule has 0 atom stereocenters. The second kappa shape index (κ2) is 5.92. The molecule has 1 rings (SSSR count). The van der Waals surface area contributed by atoms with Crippen LogP contribution in [-0.4, -0.2) is 8.42 Å².